The standard InChI is InChI=1S/C15H23ClN2O2/c1-3-10-5-7-11(8-6-10)9-18-14(19)12(4-2)13(16)17-15(18)20/h10-11H,3-9H2,1-2H3,(H,17,20). The molecule has 0 aromatic carbocycles. The molecule has 0 atom stereocenters. The Kier molecular flexibility index (Phi) is 5.08. The van der Waals surface area contributed by atoms with Gasteiger partial charge in [0.2, 0.25) is 0 Å². The highest BCUT2D eigenvalue weighted by molar-refractivity contribution is 6.30. The molecule has 1 aliphatic carbocycles. The van der Waals surface area contributed by atoms with Gasteiger partial charge in [-0.1, -0.05) is 44.7 Å². The van der Waals surface area contributed by atoms with Crippen LogP contribution in [-0.2, 0) is 13.0 Å². The third kappa shape index (κ3) is 3.17. The monoisotopic (exact) mass is 298 g/mol. The molecule has 1 heterocycles. The number of aromatic amines is 1. The molecule has 1 fully saturated rings. The number of hydrogen-bond acceptors (Lipinski definition) is 2. The summed E-state index contributed by atoms with van der Waals surface area (Å²) in [6.45, 7) is 4.62. The second kappa shape index (κ2) is 6.61. The molecule has 0 aliphatic heterocycles. The van der Waals surface area contributed by atoms with Gasteiger partial charge in [-0.25, -0.2) is 4.79 Å². The average Bonchev–Trinajstić information content (AvgIpc) is 2.44. The minimum absolute atomic E-state index is 0.188. The van der Waals surface area contributed by atoms with E-state index < -0.39 is 0 Å². The lowest BCUT2D eigenvalue weighted by Gasteiger charge is -2.27. The zero-order valence-corrected chi connectivity index (χ0v) is 13.0. The lowest BCUT2D eigenvalue weighted by molar-refractivity contribution is 0.243. The van der Waals surface area contributed by atoms with E-state index in [0.29, 0.717) is 24.4 Å². The first-order valence-electron chi connectivity index (χ1n) is 7.58. The van der Waals surface area contributed by atoms with E-state index in [1.807, 2.05) is 6.92 Å². The summed E-state index contributed by atoms with van der Waals surface area (Å²) >= 11 is 5.92. The van der Waals surface area contributed by atoms with Gasteiger partial charge in [-0.15, -0.1) is 0 Å². The van der Waals surface area contributed by atoms with Crippen LogP contribution in [0.4, 0.5) is 0 Å². The summed E-state index contributed by atoms with van der Waals surface area (Å²) < 4.78 is 1.33. The van der Waals surface area contributed by atoms with E-state index in [9.17, 15) is 9.59 Å². The van der Waals surface area contributed by atoms with Crippen molar-refractivity contribution < 1.29 is 0 Å². The Morgan fingerprint density at radius 1 is 1.15 bits per heavy atom. The molecule has 112 valence electrons. The first-order valence-corrected chi connectivity index (χ1v) is 7.96. The van der Waals surface area contributed by atoms with Gasteiger partial charge in [-0.2, -0.15) is 0 Å². The van der Waals surface area contributed by atoms with Gasteiger partial charge < -0.3 is 0 Å². The fourth-order valence-corrected chi connectivity index (χ4v) is 3.43. The van der Waals surface area contributed by atoms with Crippen LogP contribution in [0.15, 0.2) is 9.59 Å². The van der Waals surface area contributed by atoms with Gasteiger partial charge in [0.1, 0.15) is 5.15 Å². The molecule has 0 radical (unpaired) electrons. The van der Waals surface area contributed by atoms with Crippen LogP contribution in [0, 0.1) is 11.8 Å². The van der Waals surface area contributed by atoms with Gasteiger partial charge in [0.05, 0.1) is 5.56 Å². The first-order chi connectivity index (χ1) is 9.56. The molecule has 5 heteroatoms. The van der Waals surface area contributed by atoms with Gasteiger partial charge in [-0.05, 0) is 31.1 Å². The van der Waals surface area contributed by atoms with Crippen LogP contribution >= 0.6 is 11.6 Å². The van der Waals surface area contributed by atoms with E-state index in [1.165, 1.54) is 23.8 Å². The number of halogens is 1. The normalized spacial score (nSPS) is 22.9. The molecule has 1 aromatic rings. The van der Waals surface area contributed by atoms with Gasteiger partial charge in [0.25, 0.3) is 5.56 Å². The largest absolute Gasteiger partial charge is 0.329 e. The topological polar surface area (TPSA) is 54.9 Å². The molecule has 1 saturated carbocycles. The molecule has 4 nitrogen and oxygen atoms in total. The van der Waals surface area contributed by atoms with Crippen molar-refractivity contribution in [2.24, 2.45) is 11.8 Å². The number of H-pyrrole nitrogens is 1. The van der Waals surface area contributed by atoms with Gasteiger partial charge >= 0.3 is 5.69 Å². The van der Waals surface area contributed by atoms with Gasteiger partial charge in [0, 0.05) is 6.54 Å². The summed E-state index contributed by atoms with van der Waals surface area (Å²) in [4.78, 5) is 26.8. The van der Waals surface area contributed by atoms with Crippen LogP contribution < -0.4 is 11.2 Å². The molecule has 0 saturated heterocycles. The van der Waals surface area contributed by atoms with Crippen LogP contribution in [0.2, 0.25) is 5.15 Å². The highest BCUT2D eigenvalue weighted by atomic mass is 35.5. The summed E-state index contributed by atoms with van der Waals surface area (Å²) in [6.07, 6.45) is 6.40. The Hall–Kier alpha value is -1.03. The van der Waals surface area contributed by atoms with Crippen molar-refractivity contribution in [3.8, 4) is 0 Å². The molecule has 0 bridgehead atoms. The maximum absolute atomic E-state index is 12.3. The SMILES string of the molecule is CCc1c(Cl)[nH]c(=O)n(CC2CCC(CC)CC2)c1=O. The Labute approximate surface area is 124 Å². The Morgan fingerprint density at radius 3 is 2.30 bits per heavy atom. The summed E-state index contributed by atoms with van der Waals surface area (Å²) in [5, 5.41) is 0.188. The van der Waals surface area contributed by atoms with Crippen molar-refractivity contribution in [3.63, 3.8) is 0 Å². The molecule has 0 amide bonds. The van der Waals surface area contributed by atoms with Crippen LogP contribution in [-0.4, -0.2) is 9.55 Å². The third-order valence-electron chi connectivity index (χ3n) is 4.57. The molecule has 1 N–H and O–H groups in total. The summed E-state index contributed by atoms with van der Waals surface area (Å²) in [5.41, 5.74) is -0.0952. The average molecular weight is 299 g/mol. The highest BCUT2D eigenvalue weighted by Crippen LogP contribution is 2.31. The summed E-state index contributed by atoms with van der Waals surface area (Å²) in [5.74, 6) is 1.25. The van der Waals surface area contributed by atoms with Gasteiger partial charge in [-0.3, -0.25) is 14.3 Å². The quantitative estimate of drug-likeness (QED) is 0.869. The van der Waals surface area contributed by atoms with E-state index in [-0.39, 0.29) is 16.4 Å². The Morgan fingerprint density at radius 2 is 1.75 bits per heavy atom. The van der Waals surface area contributed by atoms with Crippen LogP contribution in [0.5, 0.6) is 0 Å². The van der Waals surface area contributed by atoms with Crippen LogP contribution in [0.25, 0.3) is 0 Å². The molecule has 1 aromatic heterocycles. The molecular formula is C15H23ClN2O2. The van der Waals surface area contributed by atoms with E-state index in [2.05, 4.69) is 11.9 Å². The maximum Gasteiger partial charge on any atom is 0.329 e. The highest BCUT2D eigenvalue weighted by Gasteiger charge is 2.22. The summed E-state index contributed by atoms with van der Waals surface area (Å²) in [6, 6.07) is 0. The van der Waals surface area contributed by atoms with Gasteiger partial charge in [0.15, 0.2) is 0 Å². The van der Waals surface area contributed by atoms with Crippen molar-refractivity contribution in [2.75, 3.05) is 0 Å². The molecule has 20 heavy (non-hydrogen) atoms. The van der Waals surface area contributed by atoms with Crippen molar-refractivity contribution >= 4 is 11.6 Å². The number of hydrogen-bond donors (Lipinski definition) is 1. The molecular weight excluding hydrogens is 276 g/mol. The third-order valence-corrected chi connectivity index (χ3v) is 4.89. The van der Waals surface area contributed by atoms with Crippen molar-refractivity contribution in [1.82, 2.24) is 9.55 Å². The second-order valence-corrected chi connectivity index (χ2v) is 6.16. The number of nitrogens with one attached hydrogen (secondary N) is 1. The predicted octanol–water partition coefficient (Wildman–Crippen LogP) is 2.97. The lowest BCUT2D eigenvalue weighted by atomic mass is 9.81. The predicted molar refractivity (Wildman–Crippen MR) is 81.4 cm³/mol. The molecule has 1 aliphatic rings. The van der Waals surface area contributed by atoms with Crippen molar-refractivity contribution in [3.05, 3.63) is 31.6 Å². The Balaban J connectivity index is 2.18. The smallest absolute Gasteiger partial charge is 0.297 e. The van der Waals surface area contributed by atoms with Crippen LogP contribution in [0.1, 0.15) is 51.5 Å². The van der Waals surface area contributed by atoms with Crippen LogP contribution in [0.3, 0.4) is 0 Å². The fraction of sp³-hybridized carbons (Fsp3) is 0.733. The number of aromatic nitrogens is 2. The maximum atomic E-state index is 12.3. The number of nitrogens with zero attached hydrogens (tertiary/aromatic N) is 1. The minimum Gasteiger partial charge on any atom is -0.297 e. The first kappa shape index (κ1) is 15.4. The second-order valence-electron chi connectivity index (χ2n) is 5.79. The lowest BCUT2D eigenvalue weighted by Crippen LogP contribution is -2.39. The Bertz CT molecular complexity index is 568. The molecule has 2 rings (SSSR count). The molecule has 0 unspecified atom stereocenters. The minimum atomic E-state index is -0.380. The zero-order valence-electron chi connectivity index (χ0n) is 12.2. The fourth-order valence-electron chi connectivity index (χ4n) is 3.14. The van der Waals surface area contributed by atoms with E-state index in [4.69, 9.17) is 11.6 Å². The molecule has 0 spiro atoms. The van der Waals surface area contributed by atoms with E-state index >= 15 is 0 Å². The number of rotatable bonds is 4. The van der Waals surface area contributed by atoms with Crippen molar-refractivity contribution in [1.29, 1.82) is 0 Å². The summed E-state index contributed by atoms with van der Waals surface area (Å²) in [7, 11) is 0. The van der Waals surface area contributed by atoms with Crippen molar-refractivity contribution in [2.45, 2.75) is 58.9 Å². The van der Waals surface area contributed by atoms with E-state index in [1.54, 1.807) is 0 Å². The zero-order chi connectivity index (χ0) is 14.7. The van der Waals surface area contributed by atoms with E-state index in [0.717, 1.165) is 18.8 Å².